The number of carbonyl (C=O) groups excluding carboxylic acids is 2. The van der Waals surface area contributed by atoms with Crippen LogP contribution in [0.5, 0.6) is 0 Å². The van der Waals surface area contributed by atoms with Crippen molar-refractivity contribution < 1.29 is 14.0 Å². The average Bonchev–Trinajstić information content (AvgIpc) is 2.67. The number of halogens is 2. The highest BCUT2D eigenvalue weighted by Gasteiger charge is 2.25. The molecule has 0 unspecified atom stereocenters. The molecule has 2 aromatic carbocycles. The highest BCUT2D eigenvalue weighted by atomic mass is 35.5. The second kappa shape index (κ2) is 7.77. The maximum atomic E-state index is 13.2. The van der Waals surface area contributed by atoms with E-state index in [0.717, 1.165) is 6.07 Å². The van der Waals surface area contributed by atoms with Crippen molar-refractivity contribution in [3.63, 3.8) is 0 Å². The molecule has 1 heterocycles. The zero-order chi connectivity index (χ0) is 19.6. The number of Topliss-reactive ketones (excluding diaryl/α,β-unsaturated/α-hetero) is 1. The fraction of sp³-hybridized carbons (Fsp3) is 0.250. The normalized spacial score (nSPS) is 14.0. The molecule has 7 heteroatoms. The third-order valence-corrected chi connectivity index (χ3v) is 4.91. The number of hydrogen-bond donors (Lipinski definition) is 0. The number of ketones is 1. The number of amides is 1. The molecule has 1 fully saturated rings. The van der Waals surface area contributed by atoms with Crippen molar-refractivity contribution in [3.05, 3.63) is 63.9 Å². The lowest BCUT2D eigenvalue weighted by Gasteiger charge is -2.36. The smallest absolute Gasteiger partial charge is 0.255 e. The van der Waals surface area contributed by atoms with E-state index in [0.29, 0.717) is 43.0 Å². The maximum Gasteiger partial charge on any atom is 0.255 e. The van der Waals surface area contributed by atoms with Crippen LogP contribution in [0.4, 0.5) is 10.1 Å². The van der Waals surface area contributed by atoms with E-state index in [1.54, 1.807) is 23.1 Å². The van der Waals surface area contributed by atoms with Gasteiger partial charge in [0.05, 0.1) is 21.8 Å². The Morgan fingerprint density at radius 3 is 2.41 bits per heavy atom. The first kappa shape index (κ1) is 18.9. The molecule has 2 aromatic rings. The first-order chi connectivity index (χ1) is 12.9. The largest absolute Gasteiger partial charge is 0.367 e. The molecular formula is C20H17ClFN3O2. The van der Waals surface area contributed by atoms with Gasteiger partial charge in [-0.3, -0.25) is 9.59 Å². The standard InChI is InChI=1S/C20H17ClFN3O2/c1-13(26)14-2-3-15(12-23)19(10-14)24-6-8-25(9-7-24)20(27)17-5-4-16(22)11-18(17)21/h2-5,10-11H,6-9H2,1H3. The summed E-state index contributed by atoms with van der Waals surface area (Å²) in [6.07, 6.45) is 0. The highest BCUT2D eigenvalue weighted by Crippen LogP contribution is 2.25. The SMILES string of the molecule is CC(=O)c1ccc(C#N)c(N2CCN(C(=O)c3ccc(F)cc3Cl)CC2)c1. The van der Waals surface area contributed by atoms with Crippen LogP contribution < -0.4 is 4.90 Å². The molecule has 138 valence electrons. The zero-order valence-electron chi connectivity index (χ0n) is 14.7. The molecule has 0 saturated carbocycles. The lowest BCUT2D eigenvalue weighted by molar-refractivity contribution is 0.0747. The Labute approximate surface area is 161 Å². The number of carbonyl (C=O) groups is 2. The minimum absolute atomic E-state index is 0.0690. The Bertz CT molecular complexity index is 947. The minimum atomic E-state index is -0.490. The molecule has 0 spiro atoms. The lowest BCUT2D eigenvalue weighted by Crippen LogP contribution is -2.49. The summed E-state index contributed by atoms with van der Waals surface area (Å²) < 4.78 is 13.2. The van der Waals surface area contributed by atoms with Gasteiger partial charge < -0.3 is 9.80 Å². The summed E-state index contributed by atoms with van der Waals surface area (Å²) >= 11 is 5.99. The Morgan fingerprint density at radius 2 is 1.81 bits per heavy atom. The van der Waals surface area contributed by atoms with Crippen molar-refractivity contribution in [1.29, 1.82) is 5.26 Å². The van der Waals surface area contributed by atoms with Crippen molar-refractivity contribution >= 4 is 29.0 Å². The number of anilines is 1. The molecule has 0 aromatic heterocycles. The Balaban J connectivity index is 1.76. The summed E-state index contributed by atoms with van der Waals surface area (Å²) in [5.74, 6) is -0.811. The monoisotopic (exact) mass is 385 g/mol. The molecule has 27 heavy (non-hydrogen) atoms. The number of piperazine rings is 1. The predicted octanol–water partition coefficient (Wildman–Crippen LogP) is 3.52. The Kier molecular flexibility index (Phi) is 5.43. The van der Waals surface area contributed by atoms with Gasteiger partial charge >= 0.3 is 0 Å². The minimum Gasteiger partial charge on any atom is -0.367 e. The molecule has 0 radical (unpaired) electrons. The van der Waals surface area contributed by atoms with Crippen LogP contribution in [0.25, 0.3) is 0 Å². The number of hydrogen-bond acceptors (Lipinski definition) is 4. The first-order valence-corrected chi connectivity index (χ1v) is 8.83. The summed E-state index contributed by atoms with van der Waals surface area (Å²) in [5, 5.41) is 9.44. The summed E-state index contributed by atoms with van der Waals surface area (Å²) in [6.45, 7) is 3.37. The van der Waals surface area contributed by atoms with E-state index >= 15 is 0 Å². The second-order valence-electron chi connectivity index (χ2n) is 6.30. The highest BCUT2D eigenvalue weighted by molar-refractivity contribution is 6.33. The third kappa shape index (κ3) is 3.93. The van der Waals surface area contributed by atoms with Crippen molar-refractivity contribution in [2.24, 2.45) is 0 Å². The van der Waals surface area contributed by atoms with E-state index in [-0.39, 0.29) is 22.3 Å². The van der Waals surface area contributed by atoms with Gasteiger partial charge in [0.15, 0.2) is 5.78 Å². The first-order valence-electron chi connectivity index (χ1n) is 8.45. The third-order valence-electron chi connectivity index (χ3n) is 4.59. The van der Waals surface area contributed by atoms with E-state index in [9.17, 15) is 19.2 Å². The van der Waals surface area contributed by atoms with Gasteiger partial charge in [-0.25, -0.2) is 4.39 Å². The lowest BCUT2D eigenvalue weighted by atomic mass is 10.1. The molecule has 1 aliphatic heterocycles. The van der Waals surface area contributed by atoms with Gasteiger partial charge in [0.25, 0.3) is 5.91 Å². The van der Waals surface area contributed by atoms with Crippen LogP contribution in [-0.2, 0) is 0 Å². The van der Waals surface area contributed by atoms with Crippen LogP contribution in [0.2, 0.25) is 5.02 Å². The number of nitrogens with zero attached hydrogens (tertiary/aromatic N) is 3. The van der Waals surface area contributed by atoms with Gasteiger partial charge in [0, 0.05) is 31.7 Å². The molecule has 0 atom stereocenters. The molecule has 1 saturated heterocycles. The van der Waals surface area contributed by atoms with E-state index < -0.39 is 5.82 Å². The summed E-state index contributed by atoms with van der Waals surface area (Å²) in [6, 6.07) is 10.9. The van der Waals surface area contributed by atoms with Gasteiger partial charge in [-0.05, 0) is 43.3 Å². The molecular weight excluding hydrogens is 369 g/mol. The topological polar surface area (TPSA) is 64.4 Å². The van der Waals surface area contributed by atoms with Crippen molar-refractivity contribution in [2.45, 2.75) is 6.92 Å². The van der Waals surface area contributed by atoms with Gasteiger partial charge in [0.2, 0.25) is 0 Å². The number of rotatable bonds is 3. The van der Waals surface area contributed by atoms with E-state index in [1.807, 2.05) is 4.90 Å². The molecule has 0 bridgehead atoms. The van der Waals surface area contributed by atoms with Gasteiger partial charge in [0.1, 0.15) is 11.9 Å². The maximum absolute atomic E-state index is 13.2. The van der Waals surface area contributed by atoms with E-state index in [4.69, 9.17) is 11.6 Å². The predicted molar refractivity (Wildman–Crippen MR) is 101 cm³/mol. The van der Waals surface area contributed by atoms with Crippen LogP contribution in [0.3, 0.4) is 0 Å². The summed E-state index contributed by atoms with van der Waals surface area (Å²) in [4.78, 5) is 27.9. The fourth-order valence-electron chi connectivity index (χ4n) is 3.09. The van der Waals surface area contributed by atoms with Gasteiger partial charge in [-0.1, -0.05) is 11.6 Å². The van der Waals surface area contributed by atoms with Crippen LogP contribution in [-0.4, -0.2) is 42.8 Å². The second-order valence-corrected chi connectivity index (χ2v) is 6.71. The van der Waals surface area contributed by atoms with Crippen molar-refractivity contribution in [2.75, 3.05) is 31.1 Å². The Morgan fingerprint density at radius 1 is 1.11 bits per heavy atom. The average molecular weight is 386 g/mol. The van der Waals surface area contributed by atoms with Crippen molar-refractivity contribution in [1.82, 2.24) is 4.90 Å². The zero-order valence-corrected chi connectivity index (χ0v) is 15.5. The van der Waals surface area contributed by atoms with Crippen LogP contribution in [0.15, 0.2) is 36.4 Å². The van der Waals surface area contributed by atoms with Crippen LogP contribution in [0.1, 0.15) is 33.2 Å². The molecule has 0 aliphatic carbocycles. The number of benzene rings is 2. The van der Waals surface area contributed by atoms with Gasteiger partial charge in [-0.2, -0.15) is 5.26 Å². The molecule has 1 amide bonds. The van der Waals surface area contributed by atoms with E-state index in [2.05, 4.69) is 6.07 Å². The molecule has 1 aliphatic rings. The van der Waals surface area contributed by atoms with Crippen molar-refractivity contribution in [3.8, 4) is 6.07 Å². The van der Waals surface area contributed by atoms with Crippen LogP contribution >= 0.6 is 11.6 Å². The summed E-state index contributed by atoms with van der Waals surface area (Å²) in [5.41, 5.74) is 1.99. The summed E-state index contributed by atoms with van der Waals surface area (Å²) in [7, 11) is 0. The Hall–Kier alpha value is -2.91. The number of nitriles is 1. The van der Waals surface area contributed by atoms with Gasteiger partial charge in [-0.15, -0.1) is 0 Å². The molecule has 0 N–H and O–H groups in total. The fourth-order valence-corrected chi connectivity index (χ4v) is 3.34. The quantitative estimate of drug-likeness (QED) is 0.758. The molecule has 5 nitrogen and oxygen atoms in total. The molecule has 3 rings (SSSR count). The van der Waals surface area contributed by atoms with Crippen LogP contribution in [0, 0.1) is 17.1 Å². The van der Waals surface area contributed by atoms with E-state index in [1.165, 1.54) is 19.1 Å².